The van der Waals surface area contributed by atoms with Gasteiger partial charge in [0.15, 0.2) is 0 Å². The zero-order valence-electron chi connectivity index (χ0n) is 9.33. The normalized spacial score (nSPS) is 14.6. The van der Waals surface area contributed by atoms with E-state index >= 15 is 0 Å². The van der Waals surface area contributed by atoms with Crippen LogP contribution in [-0.4, -0.2) is 22.2 Å². The zero-order valence-corrected chi connectivity index (χ0v) is 9.33. The highest BCUT2D eigenvalue weighted by Gasteiger charge is 2.18. The third-order valence-corrected chi connectivity index (χ3v) is 2.30. The van der Waals surface area contributed by atoms with Crippen molar-refractivity contribution in [2.45, 2.75) is 32.3 Å². The summed E-state index contributed by atoms with van der Waals surface area (Å²) in [4.78, 5) is 3.90. The first-order chi connectivity index (χ1) is 7.05. The fourth-order valence-electron chi connectivity index (χ4n) is 1.48. The highest BCUT2D eigenvalue weighted by molar-refractivity contribution is 5.64. The number of hydrogen-bond donors (Lipinski definition) is 3. The van der Waals surface area contributed by atoms with E-state index in [1.165, 1.54) is 0 Å². The molecule has 0 aliphatic rings. The molecule has 1 aromatic rings. The van der Waals surface area contributed by atoms with Gasteiger partial charge in [-0.2, -0.15) is 0 Å². The first-order valence-electron chi connectivity index (χ1n) is 5.21. The van der Waals surface area contributed by atoms with E-state index < -0.39 is 5.60 Å². The van der Waals surface area contributed by atoms with Crippen molar-refractivity contribution in [3.05, 3.63) is 18.5 Å². The molecule has 0 amide bonds. The summed E-state index contributed by atoms with van der Waals surface area (Å²) in [7, 11) is 0. The van der Waals surface area contributed by atoms with Crippen molar-refractivity contribution >= 4 is 11.4 Å². The van der Waals surface area contributed by atoms with E-state index in [-0.39, 0.29) is 0 Å². The number of hydrogen-bond acceptors (Lipinski definition) is 4. The Morgan fingerprint density at radius 3 is 2.93 bits per heavy atom. The number of pyridine rings is 1. The van der Waals surface area contributed by atoms with Gasteiger partial charge in [0.2, 0.25) is 0 Å². The van der Waals surface area contributed by atoms with Crippen LogP contribution in [0.5, 0.6) is 0 Å². The molecule has 0 bridgehead atoms. The van der Waals surface area contributed by atoms with Crippen LogP contribution in [0.4, 0.5) is 11.4 Å². The van der Waals surface area contributed by atoms with Crippen LogP contribution in [0.15, 0.2) is 18.5 Å². The molecule has 0 aliphatic carbocycles. The molecule has 15 heavy (non-hydrogen) atoms. The number of aromatic nitrogens is 1. The predicted octanol–water partition coefficient (Wildman–Crippen LogP) is 1.63. The van der Waals surface area contributed by atoms with Crippen LogP contribution >= 0.6 is 0 Å². The van der Waals surface area contributed by atoms with Crippen LogP contribution in [0.2, 0.25) is 0 Å². The standard InChI is InChI=1S/C11H19N3O/c1-3-5-11(2,15)8-14-10-4-6-13-7-9(10)12/h4,6-7,15H,3,5,8,12H2,1-2H3,(H,13,14). The van der Waals surface area contributed by atoms with Gasteiger partial charge in [0.05, 0.1) is 23.2 Å². The summed E-state index contributed by atoms with van der Waals surface area (Å²) in [5.74, 6) is 0. The van der Waals surface area contributed by atoms with E-state index in [9.17, 15) is 5.11 Å². The molecule has 0 saturated heterocycles. The Balaban J connectivity index is 2.53. The minimum Gasteiger partial charge on any atom is -0.396 e. The highest BCUT2D eigenvalue weighted by atomic mass is 16.3. The second-order valence-corrected chi connectivity index (χ2v) is 4.06. The Labute approximate surface area is 90.5 Å². The van der Waals surface area contributed by atoms with Gasteiger partial charge < -0.3 is 16.2 Å². The fraction of sp³-hybridized carbons (Fsp3) is 0.545. The second kappa shape index (κ2) is 4.98. The Hall–Kier alpha value is -1.29. The van der Waals surface area contributed by atoms with Crippen LogP contribution in [0, 0.1) is 0 Å². The molecule has 1 unspecified atom stereocenters. The third-order valence-electron chi connectivity index (χ3n) is 2.30. The average Bonchev–Trinajstić information content (AvgIpc) is 2.16. The maximum absolute atomic E-state index is 9.95. The Morgan fingerprint density at radius 2 is 2.33 bits per heavy atom. The summed E-state index contributed by atoms with van der Waals surface area (Å²) in [6.45, 7) is 4.37. The van der Waals surface area contributed by atoms with Gasteiger partial charge in [-0.25, -0.2) is 0 Å². The molecule has 1 rings (SSSR count). The van der Waals surface area contributed by atoms with E-state index in [1.54, 1.807) is 18.5 Å². The highest BCUT2D eigenvalue weighted by Crippen LogP contribution is 2.18. The number of nitrogens with zero attached hydrogens (tertiary/aromatic N) is 1. The van der Waals surface area contributed by atoms with E-state index in [0.29, 0.717) is 12.2 Å². The number of aliphatic hydroxyl groups is 1. The molecule has 1 aromatic heterocycles. The molecule has 4 nitrogen and oxygen atoms in total. The fourth-order valence-corrected chi connectivity index (χ4v) is 1.48. The lowest BCUT2D eigenvalue weighted by atomic mass is 10.0. The molecule has 0 aromatic carbocycles. The van der Waals surface area contributed by atoms with Crippen molar-refractivity contribution in [1.82, 2.24) is 4.98 Å². The number of nitrogens with two attached hydrogens (primary N) is 1. The zero-order chi connectivity index (χ0) is 11.3. The molecule has 84 valence electrons. The molecule has 0 spiro atoms. The molecule has 0 fully saturated rings. The molecular weight excluding hydrogens is 190 g/mol. The van der Waals surface area contributed by atoms with Gasteiger partial charge in [0, 0.05) is 12.7 Å². The van der Waals surface area contributed by atoms with Gasteiger partial charge in [-0.15, -0.1) is 0 Å². The molecule has 1 heterocycles. The topological polar surface area (TPSA) is 71.2 Å². The van der Waals surface area contributed by atoms with Gasteiger partial charge in [0.1, 0.15) is 0 Å². The van der Waals surface area contributed by atoms with Gasteiger partial charge >= 0.3 is 0 Å². The quantitative estimate of drug-likeness (QED) is 0.689. The number of nitrogen functional groups attached to an aromatic ring is 1. The first kappa shape index (κ1) is 11.8. The second-order valence-electron chi connectivity index (χ2n) is 4.06. The Kier molecular flexibility index (Phi) is 3.91. The van der Waals surface area contributed by atoms with Crippen LogP contribution in [0.25, 0.3) is 0 Å². The lowest BCUT2D eigenvalue weighted by molar-refractivity contribution is 0.0637. The van der Waals surface area contributed by atoms with Crippen molar-refractivity contribution in [3.63, 3.8) is 0 Å². The Morgan fingerprint density at radius 1 is 1.60 bits per heavy atom. The molecule has 4 heteroatoms. The molecule has 0 saturated carbocycles. The average molecular weight is 209 g/mol. The van der Waals surface area contributed by atoms with E-state index in [2.05, 4.69) is 17.2 Å². The molecular formula is C11H19N3O. The lowest BCUT2D eigenvalue weighted by Gasteiger charge is -2.23. The maximum atomic E-state index is 9.95. The van der Waals surface area contributed by atoms with Crippen molar-refractivity contribution < 1.29 is 5.11 Å². The van der Waals surface area contributed by atoms with Crippen LogP contribution in [0.3, 0.4) is 0 Å². The summed E-state index contributed by atoms with van der Waals surface area (Å²) in [6.07, 6.45) is 5.00. The minimum absolute atomic E-state index is 0.495. The van der Waals surface area contributed by atoms with Gasteiger partial charge in [-0.1, -0.05) is 13.3 Å². The summed E-state index contributed by atoms with van der Waals surface area (Å²) in [5, 5.41) is 13.1. The van der Waals surface area contributed by atoms with Crippen LogP contribution in [0.1, 0.15) is 26.7 Å². The van der Waals surface area contributed by atoms with Crippen molar-refractivity contribution in [1.29, 1.82) is 0 Å². The van der Waals surface area contributed by atoms with E-state index in [0.717, 1.165) is 18.5 Å². The van der Waals surface area contributed by atoms with Crippen LogP contribution < -0.4 is 11.1 Å². The molecule has 1 atom stereocenters. The SMILES string of the molecule is CCCC(C)(O)CNc1ccncc1N. The van der Waals surface area contributed by atoms with Gasteiger partial charge in [0.25, 0.3) is 0 Å². The summed E-state index contributed by atoms with van der Waals surface area (Å²) < 4.78 is 0. The minimum atomic E-state index is -0.690. The van der Waals surface area contributed by atoms with Crippen LogP contribution in [-0.2, 0) is 0 Å². The first-order valence-corrected chi connectivity index (χ1v) is 5.21. The van der Waals surface area contributed by atoms with Crippen molar-refractivity contribution in [2.24, 2.45) is 0 Å². The van der Waals surface area contributed by atoms with Crippen molar-refractivity contribution in [3.8, 4) is 0 Å². The summed E-state index contributed by atoms with van der Waals surface area (Å²) in [6, 6.07) is 1.80. The molecule has 4 N–H and O–H groups in total. The lowest BCUT2D eigenvalue weighted by Crippen LogP contribution is -2.33. The third kappa shape index (κ3) is 3.75. The van der Waals surface area contributed by atoms with Gasteiger partial charge in [-0.05, 0) is 19.4 Å². The summed E-state index contributed by atoms with van der Waals surface area (Å²) >= 11 is 0. The Bertz CT molecular complexity index is 312. The van der Waals surface area contributed by atoms with E-state index in [1.807, 2.05) is 6.92 Å². The maximum Gasteiger partial charge on any atom is 0.0791 e. The molecule has 0 radical (unpaired) electrons. The number of rotatable bonds is 5. The van der Waals surface area contributed by atoms with Crippen molar-refractivity contribution in [2.75, 3.05) is 17.6 Å². The summed E-state index contributed by atoms with van der Waals surface area (Å²) in [5.41, 5.74) is 6.45. The molecule has 0 aliphatic heterocycles. The largest absolute Gasteiger partial charge is 0.396 e. The number of anilines is 2. The van der Waals surface area contributed by atoms with Gasteiger partial charge in [-0.3, -0.25) is 4.98 Å². The van der Waals surface area contributed by atoms with E-state index in [4.69, 9.17) is 5.73 Å². The monoisotopic (exact) mass is 209 g/mol. The number of nitrogens with one attached hydrogen (secondary N) is 1. The smallest absolute Gasteiger partial charge is 0.0791 e. The predicted molar refractivity (Wildman–Crippen MR) is 62.7 cm³/mol.